The number of benzene rings is 1. The van der Waals surface area contributed by atoms with Crippen molar-refractivity contribution >= 4 is 11.6 Å². The Morgan fingerprint density at radius 2 is 1.48 bits per heavy atom. The van der Waals surface area contributed by atoms with E-state index in [9.17, 15) is 31.1 Å². The van der Waals surface area contributed by atoms with E-state index < -0.39 is 29.4 Å². The van der Waals surface area contributed by atoms with Crippen LogP contribution in [-0.4, -0.2) is 15.3 Å². The third-order valence-electron chi connectivity index (χ3n) is 3.73. The number of nitrogens with zero attached hydrogens (tertiary/aromatic N) is 2. The molecule has 3 aromatic rings. The molecule has 0 unspecified atom stereocenters. The smallest absolute Gasteiger partial charge is 0.346 e. The SMILES string of the molecule is O=C(NCc1cn2cc(C(F)(F)F)ccc2n1)c1ccc(C(F)(F)F)cc1. The molecule has 2 aromatic heterocycles. The zero-order chi connectivity index (χ0) is 19.8. The fourth-order valence-electron chi connectivity index (χ4n) is 2.38. The molecule has 0 bridgehead atoms. The van der Waals surface area contributed by atoms with E-state index in [1.165, 1.54) is 16.7 Å². The van der Waals surface area contributed by atoms with Crippen LogP contribution in [0.5, 0.6) is 0 Å². The summed E-state index contributed by atoms with van der Waals surface area (Å²) in [6.07, 6.45) is -6.78. The maximum Gasteiger partial charge on any atom is 0.417 e. The van der Waals surface area contributed by atoms with Gasteiger partial charge in [0.1, 0.15) is 5.65 Å². The standard InChI is InChI=1S/C17H11F6N3O/c18-16(19,20)11-3-1-10(2-4-11)15(27)24-7-13-9-26-8-12(17(21,22)23)5-6-14(26)25-13/h1-6,8-9H,7H2,(H,24,27). The number of pyridine rings is 1. The number of carbonyl (C=O) groups excluding carboxylic acids is 1. The zero-order valence-electron chi connectivity index (χ0n) is 13.4. The highest BCUT2D eigenvalue weighted by molar-refractivity contribution is 5.94. The summed E-state index contributed by atoms with van der Waals surface area (Å²) in [5.41, 5.74) is -1.13. The van der Waals surface area contributed by atoms with E-state index in [2.05, 4.69) is 10.3 Å². The molecule has 4 nitrogen and oxygen atoms in total. The van der Waals surface area contributed by atoms with Crippen LogP contribution in [0.3, 0.4) is 0 Å². The normalized spacial score (nSPS) is 12.4. The average Bonchev–Trinajstić information content (AvgIpc) is 3.00. The van der Waals surface area contributed by atoms with Gasteiger partial charge in [-0.3, -0.25) is 4.79 Å². The Hall–Kier alpha value is -3.04. The largest absolute Gasteiger partial charge is 0.417 e. The fourth-order valence-corrected chi connectivity index (χ4v) is 2.38. The molecule has 0 spiro atoms. The monoisotopic (exact) mass is 387 g/mol. The van der Waals surface area contributed by atoms with Crippen molar-refractivity contribution in [2.24, 2.45) is 0 Å². The lowest BCUT2D eigenvalue weighted by molar-refractivity contribution is -0.138. The second-order valence-corrected chi connectivity index (χ2v) is 5.67. The third-order valence-corrected chi connectivity index (χ3v) is 3.73. The second kappa shape index (κ2) is 6.60. The van der Waals surface area contributed by atoms with Crippen molar-refractivity contribution in [3.05, 3.63) is 71.2 Å². The van der Waals surface area contributed by atoms with E-state index in [0.717, 1.165) is 36.5 Å². The molecule has 1 N–H and O–H groups in total. The number of nitrogens with one attached hydrogen (secondary N) is 1. The molecule has 0 atom stereocenters. The molecule has 0 aliphatic heterocycles. The molecule has 142 valence electrons. The summed E-state index contributed by atoms with van der Waals surface area (Å²) in [6.45, 7) is -0.0944. The maximum absolute atomic E-state index is 12.7. The van der Waals surface area contributed by atoms with E-state index in [4.69, 9.17) is 0 Å². The van der Waals surface area contributed by atoms with E-state index in [0.29, 0.717) is 5.69 Å². The molecule has 0 aliphatic rings. The fraction of sp³-hybridized carbons (Fsp3) is 0.176. The van der Waals surface area contributed by atoms with Gasteiger partial charge in [-0.1, -0.05) is 0 Å². The van der Waals surface area contributed by atoms with Gasteiger partial charge in [-0.05, 0) is 36.4 Å². The number of halogens is 6. The molecule has 27 heavy (non-hydrogen) atoms. The average molecular weight is 387 g/mol. The highest BCUT2D eigenvalue weighted by atomic mass is 19.4. The van der Waals surface area contributed by atoms with Crippen molar-refractivity contribution in [3.63, 3.8) is 0 Å². The first-order chi connectivity index (χ1) is 12.5. The van der Waals surface area contributed by atoms with Gasteiger partial charge in [0.05, 0.1) is 23.4 Å². The lowest BCUT2D eigenvalue weighted by Gasteiger charge is -2.07. The molecular formula is C17H11F6N3O. The first-order valence-electron chi connectivity index (χ1n) is 7.54. The number of rotatable bonds is 3. The highest BCUT2D eigenvalue weighted by Crippen LogP contribution is 2.30. The number of hydrogen-bond donors (Lipinski definition) is 1. The third kappa shape index (κ3) is 4.21. The number of fused-ring (bicyclic) bond motifs is 1. The first kappa shape index (κ1) is 18.7. The van der Waals surface area contributed by atoms with Crippen LogP contribution in [-0.2, 0) is 18.9 Å². The number of imidazole rings is 1. The Labute approximate surface area is 148 Å². The van der Waals surface area contributed by atoms with E-state index in [1.54, 1.807) is 0 Å². The lowest BCUT2D eigenvalue weighted by Crippen LogP contribution is -2.23. The molecule has 1 amide bonds. The quantitative estimate of drug-likeness (QED) is 0.681. The molecule has 3 rings (SSSR count). The Bertz CT molecular complexity index is 973. The van der Waals surface area contributed by atoms with Crippen LogP contribution >= 0.6 is 0 Å². The van der Waals surface area contributed by atoms with Gasteiger partial charge in [-0.25, -0.2) is 4.98 Å². The van der Waals surface area contributed by atoms with Crippen LogP contribution in [0.2, 0.25) is 0 Å². The van der Waals surface area contributed by atoms with E-state index >= 15 is 0 Å². The zero-order valence-corrected chi connectivity index (χ0v) is 13.4. The Morgan fingerprint density at radius 1 is 0.889 bits per heavy atom. The molecule has 0 saturated heterocycles. The van der Waals surface area contributed by atoms with Crippen LogP contribution < -0.4 is 5.32 Å². The molecule has 0 saturated carbocycles. The predicted octanol–water partition coefficient (Wildman–Crippen LogP) is 4.30. The van der Waals surface area contributed by atoms with Crippen molar-refractivity contribution in [1.29, 1.82) is 0 Å². The van der Waals surface area contributed by atoms with Gasteiger partial charge in [0.15, 0.2) is 0 Å². The number of alkyl halides is 6. The van der Waals surface area contributed by atoms with Gasteiger partial charge in [-0.15, -0.1) is 0 Å². The van der Waals surface area contributed by atoms with Gasteiger partial charge >= 0.3 is 12.4 Å². The van der Waals surface area contributed by atoms with Crippen LogP contribution in [0.25, 0.3) is 5.65 Å². The first-order valence-corrected chi connectivity index (χ1v) is 7.54. The molecule has 0 fully saturated rings. The minimum atomic E-state index is -4.50. The van der Waals surface area contributed by atoms with E-state index in [-0.39, 0.29) is 17.8 Å². The van der Waals surface area contributed by atoms with Crippen molar-refractivity contribution in [1.82, 2.24) is 14.7 Å². The number of aromatic nitrogens is 2. The Morgan fingerprint density at radius 3 is 2.07 bits per heavy atom. The minimum absolute atomic E-state index is 0.0196. The highest BCUT2D eigenvalue weighted by Gasteiger charge is 2.31. The molecule has 0 aliphatic carbocycles. The minimum Gasteiger partial charge on any atom is -0.346 e. The predicted molar refractivity (Wildman–Crippen MR) is 82.8 cm³/mol. The van der Waals surface area contributed by atoms with E-state index in [1.807, 2.05) is 0 Å². The molecular weight excluding hydrogens is 376 g/mol. The van der Waals surface area contributed by atoms with Crippen molar-refractivity contribution in [2.75, 3.05) is 0 Å². The van der Waals surface area contributed by atoms with Crippen molar-refractivity contribution < 1.29 is 31.1 Å². The summed E-state index contributed by atoms with van der Waals surface area (Å²) in [7, 11) is 0. The number of amides is 1. The van der Waals surface area contributed by atoms with Gasteiger partial charge in [0, 0.05) is 18.0 Å². The van der Waals surface area contributed by atoms with Crippen LogP contribution in [0, 0.1) is 0 Å². The van der Waals surface area contributed by atoms with Crippen molar-refractivity contribution in [2.45, 2.75) is 18.9 Å². The topological polar surface area (TPSA) is 46.4 Å². The van der Waals surface area contributed by atoms with Gasteiger partial charge in [-0.2, -0.15) is 26.3 Å². The summed E-state index contributed by atoms with van der Waals surface area (Å²) in [5, 5.41) is 2.46. The van der Waals surface area contributed by atoms with Gasteiger partial charge in [0.25, 0.3) is 5.91 Å². The second-order valence-electron chi connectivity index (χ2n) is 5.67. The van der Waals surface area contributed by atoms with Crippen LogP contribution in [0.4, 0.5) is 26.3 Å². The maximum atomic E-state index is 12.7. The van der Waals surface area contributed by atoms with Crippen LogP contribution in [0.1, 0.15) is 27.2 Å². The number of carbonyl (C=O) groups is 1. The summed E-state index contributed by atoms with van der Waals surface area (Å²) < 4.78 is 76.8. The molecule has 2 heterocycles. The summed E-state index contributed by atoms with van der Waals surface area (Å²) in [4.78, 5) is 16.1. The van der Waals surface area contributed by atoms with Crippen molar-refractivity contribution in [3.8, 4) is 0 Å². The molecule has 10 heteroatoms. The summed E-state index contributed by atoms with van der Waals surface area (Å²) in [6, 6.07) is 5.75. The molecule has 0 radical (unpaired) electrons. The van der Waals surface area contributed by atoms with Gasteiger partial charge in [0.2, 0.25) is 0 Å². The molecule has 1 aromatic carbocycles. The Balaban J connectivity index is 1.70. The van der Waals surface area contributed by atoms with Crippen LogP contribution in [0.15, 0.2) is 48.8 Å². The summed E-state index contributed by atoms with van der Waals surface area (Å²) >= 11 is 0. The number of hydrogen-bond acceptors (Lipinski definition) is 2. The van der Waals surface area contributed by atoms with Gasteiger partial charge < -0.3 is 9.72 Å². The summed E-state index contributed by atoms with van der Waals surface area (Å²) in [5.74, 6) is -0.628. The lowest BCUT2D eigenvalue weighted by atomic mass is 10.1. The Kier molecular flexibility index (Phi) is 4.58.